The van der Waals surface area contributed by atoms with Crippen LogP contribution in [-0.4, -0.2) is 0 Å². The molecule has 0 saturated heterocycles. The van der Waals surface area contributed by atoms with Gasteiger partial charge in [0.2, 0.25) is 0 Å². The van der Waals surface area contributed by atoms with Crippen LogP contribution in [0.4, 0.5) is 0 Å². The van der Waals surface area contributed by atoms with Crippen molar-refractivity contribution in [3.8, 4) is 22.3 Å². The fraction of sp³-hybridized carbons (Fsp3) is 0. The van der Waals surface area contributed by atoms with Gasteiger partial charge in [-0.15, -0.1) is 0 Å². The highest BCUT2D eigenvalue weighted by atomic mass is 16.3. The van der Waals surface area contributed by atoms with E-state index in [2.05, 4.69) is 115 Å². The van der Waals surface area contributed by atoms with Crippen LogP contribution < -0.4 is 0 Å². The topological polar surface area (TPSA) is 39.4 Å². The highest BCUT2D eigenvalue weighted by Crippen LogP contribution is 2.45. The molecule has 3 aromatic heterocycles. The van der Waals surface area contributed by atoms with E-state index >= 15 is 0 Å². The first-order chi connectivity index (χ1) is 23.3. The van der Waals surface area contributed by atoms with E-state index in [1.165, 1.54) is 38.2 Å². The molecule has 47 heavy (non-hydrogen) atoms. The van der Waals surface area contributed by atoms with Crippen molar-refractivity contribution in [2.45, 2.75) is 0 Å². The minimum atomic E-state index is 0.803. The Morgan fingerprint density at radius 2 is 0.638 bits per heavy atom. The summed E-state index contributed by atoms with van der Waals surface area (Å²) in [4.78, 5) is 0. The average molecular weight is 601 g/mol. The number of fused-ring (bicyclic) bond motifs is 11. The molecule has 0 spiro atoms. The van der Waals surface area contributed by atoms with Crippen molar-refractivity contribution in [2.24, 2.45) is 0 Å². The second-order valence-electron chi connectivity index (χ2n) is 12.4. The standard InChI is InChI=1S/C44H24O3/c1-2-10-25(11-3-1)43-29-13-4-6-15-31(29)44(32-16-7-5-14-30(32)43)26-18-19-28-34-22-36-35-21-33-27-12-8-9-17-37(27)45-39(33)23-41(35)47-42(36)24-40(34)46-38(28)20-26/h1-24H. The van der Waals surface area contributed by atoms with Gasteiger partial charge in [-0.25, -0.2) is 0 Å². The van der Waals surface area contributed by atoms with Gasteiger partial charge in [0.25, 0.3) is 0 Å². The fourth-order valence-electron chi connectivity index (χ4n) is 7.78. The first-order valence-electron chi connectivity index (χ1n) is 15.9. The summed E-state index contributed by atoms with van der Waals surface area (Å²) in [5.41, 5.74) is 9.83. The van der Waals surface area contributed by atoms with E-state index in [1.807, 2.05) is 30.3 Å². The Morgan fingerprint density at radius 3 is 1.21 bits per heavy atom. The van der Waals surface area contributed by atoms with Gasteiger partial charge >= 0.3 is 0 Å². The van der Waals surface area contributed by atoms with Crippen LogP contribution in [0.2, 0.25) is 0 Å². The fourth-order valence-corrected chi connectivity index (χ4v) is 7.78. The molecule has 0 saturated carbocycles. The van der Waals surface area contributed by atoms with Gasteiger partial charge in [-0.1, -0.05) is 103 Å². The monoisotopic (exact) mass is 600 g/mol. The highest BCUT2D eigenvalue weighted by molar-refractivity contribution is 6.23. The Balaban J connectivity index is 1.15. The van der Waals surface area contributed by atoms with Gasteiger partial charge in [-0.3, -0.25) is 0 Å². The molecule has 11 rings (SSSR count). The normalized spacial score (nSPS) is 12.3. The van der Waals surface area contributed by atoms with Crippen molar-refractivity contribution in [2.75, 3.05) is 0 Å². The maximum atomic E-state index is 6.58. The lowest BCUT2D eigenvalue weighted by molar-refractivity contribution is 0.651. The maximum Gasteiger partial charge on any atom is 0.139 e. The van der Waals surface area contributed by atoms with Crippen LogP contribution in [0.1, 0.15) is 0 Å². The number of furan rings is 3. The summed E-state index contributed by atoms with van der Waals surface area (Å²) >= 11 is 0. The van der Waals surface area contributed by atoms with Gasteiger partial charge in [-0.05, 0) is 74.1 Å². The van der Waals surface area contributed by atoms with E-state index in [-0.39, 0.29) is 0 Å². The average Bonchev–Trinajstić information content (AvgIpc) is 3.78. The molecule has 3 heterocycles. The molecular weight excluding hydrogens is 576 g/mol. The predicted octanol–water partition coefficient (Wildman–Crippen LogP) is 13.0. The number of para-hydroxylation sites is 1. The predicted molar refractivity (Wildman–Crippen MR) is 194 cm³/mol. The first kappa shape index (κ1) is 24.9. The zero-order chi connectivity index (χ0) is 30.6. The van der Waals surface area contributed by atoms with E-state index in [0.29, 0.717) is 0 Å². The molecule has 11 aromatic rings. The zero-order valence-corrected chi connectivity index (χ0v) is 25.1. The minimum Gasteiger partial charge on any atom is -0.456 e. The van der Waals surface area contributed by atoms with Gasteiger partial charge in [0.05, 0.1) is 0 Å². The lowest BCUT2D eigenvalue weighted by atomic mass is 9.86. The smallest absolute Gasteiger partial charge is 0.139 e. The third kappa shape index (κ3) is 3.46. The van der Waals surface area contributed by atoms with Gasteiger partial charge in [0.1, 0.15) is 33.5 Å². The van der Waals surface area contributed by atoms with E-state index in [9.17, 15) is 0 Å². The lowest BCUT2D eigenvalue weighted by Gasteiger charge is -2.17. The molecular formula is C44H24O3. The van der Waals surface area contributed by atoms with E-state index in [0.717, 1.165) is 71.4 Å². The number of benzene rings is 8. The lowest BCUT2D eigenvalue weighted by Crippen LogP contribution is -1.90. The molecule has 0 radical (unpaired) electrons. The van der Waals surface area contributed by atoms with Gasteiger partial charge in [0.15, 0.2) is 0 Å². The Labute approximate surface area is 267 Å². The summed E-state index contributed by atoms with van der Waals surface area (Å²) in [7, 11) is 0. The van der Waals surface area contributed by atoms with E-state index in [1.54, 1.807) is 0 Å². The first-order valence-corrected chi connectivity index (χ1v) is 15.9. The summed E-state index contributed by atoms with van der Waals surface area (Å²) in [5.74, 6) is 0. The van der Waals surface area contributed by atoms with Gasteiger partial charge in [0, 0.05) is 44.5 Å². The second-order valence-corrected chi connectivity index (χ2v) is 12.4. The van der Waals surface area contributed by atoms with Crippen molar-refractivity contribution in [1.82, 2.24) is 0 Å². The highest BCUT2D eigenvalue weighted by Gasteiger charge is 2.19. The Hall–Kier alpha value is -6.32. The molecule has 3 nitrogen and oxygen atoms in total. The Kier molecular flexibility index (Phi) is 4.84. The van der Waals surface area contributed by atoms with Crippen LogP contribution >= 0.6 is 0 Å². The zero-order valence-electron chi connectivity index (χ0n) is 25.1. The quantitative estimate of drug-likeness (QED) is 0.185. The number of rotatable bonds is 2. The van der Waals surface area contributed by atoms with Crippen molar-refractivity contribution in [3.63, 3.8) is 0 Å². The molecule has 0 atom stereocenters. The van der Waals surface area contributed by atoms with Crippen molar-refractivity contribution < 1.29 is 13.3 Å². The Bertz CT molecular complexity index is 3010. The summed E-state index contributed by atoms with van der Waals surface area (Å²) in [6, 6.07) is 51.5. The van der Waals surface area contributed by atoms with Crippen molar-refractivity contribution in [1.29, 1.82) is 0 Å². The number of hydrogen-bond donors (Lipinski definition) is 0. The third-order valence-corrected chi connectivity index (χ3v) is 9.85. The van der Waals surface area contributed by atoms with Crippen LogP contribution in [0.5, 0.6) is 0 Å². The molecule has 0 aliphatic rings. The molecule has 0 N–H and O–H groups in total. The van der Waals surface area contributed by atoms with E-state index in [4.69, 9.17) is 13.3 Å². The van der Waals surface area contributed by atoms with Crippen LogP contribution in [0.25, 0.3) is 110 Å². The second kappa shape index (κ2) is 9.12. The number of hydrogen-bond acceptors (Lipinski definition) is 3. The minimum absolute atomic E-state index is 0.803. The summed E-state index contributed by atoms with van der Waals surface area (Å²) < 4.78 is 19.1. The van der Waals surface area contributed by atoms with Crippen LogP contribution in [0, 0.1) is 0 Å². The summed E-state index contributed by atoms with van der Waals surface area (Å²) in [6.45, 7) is 0. The largest absolute Gasteiger partial charge is 0.456 e. The van der Waals surface area contributed by atoms with Crippen molar-refractivity contribution in [3.05, 3.63) is 146 Å². The molecule has 218 valence electrons. The van der Waals surface area contributed by atoms with Crippen LogP contribution in [0.3, 0.4) is 0 Å². The molecule has 0 bridgehead atoms. The molecule has 8 aromatic carbocycles. The Morgan fingerprint density at radius 1 is 0.234 bits per heavy atom. The van der Waals surface area contributed by atoms with Gasteiger partial charge < -0.3 is 13.3 Å². The molecule has 0 unspecified atom stereocenters. The SMILES string of the molecule is c1ccc(-c2c3ccccc3c(-c3ccc4c(c3)oc3cc5oc6cc7oc8ccccc8c7cc6c5cc34)c3ccccc23)cc1. The molecule has 0 amide bonds. The maximum absolute atomic E-state index is 6.58. The van der Waals surface area contributed by atoms with Gasteiger partial charge in [-0.2, -0.15) is 0 Å². The molecule has 0 aliphatic carbocycles. The third-order valence-electron chi connectivity index (χ3n) is 9.85. The summed E-state index contributed by atoms with van der Waals surface area (Å²) in [5, 5.41) is 11.4. The molecule has 0 fully saturated rings. The van der Waals surface area contributed by atoms with Crippen LogP contribution in [-0.2, 0) is 0 Å². The van der Waals surface area contributed by atoms with E-state index < -0.39 is 0 Å². The summed E-state index contributed by atoms with van der Waals surface area (Å²) in [6.07, 6.45) is 0. The molecule has 0 aliphatic heterocycles. The van der Waals surface area contributed by atoms with Crippen molar-refractivity contribution >= 4 is 87.4 Å². The van der Waals surface area contributed by atoms with Crippen LogP contribution in [0.15, 0.2) is 159 Å². The molecule has 3 heteroatoms.